The van der Waals surface area contributed by atoms with Crippen LogP contribution in [0.1, 0.15) is 18.5 Å². The number of hydrogen-bond acceptors (Lipinski definition) is 4. The lowest BCUT2D eigenvalue weighted by Gasteiger charge is -2.14. The average molecular weight is 243 g/mol. The van der Waals surface area contributed by atoms with Crippen LogP contribution in [0.2, 0.25) is 0 Å². The molecule has 0 aliphatic carbocycles. The number of hydrogen-bond donors (Lipinski definition) is 1. The van der Waals surface area contributed by atoms with Gasteiger partial charge in [-0.2, -0.15) is 0 Å². The molecule has 5 heteroatoms. The normalized spacial score (nSPS) is 11.8. The van der Waals surface area contributed by atoms with E-state index in [2.05, 4.69) is 10.3 Å². The molecule has 0 amide bonds. The topological polar surface area (TPSA) is 68.1 Å². The van der Waals surface area contributed by atoms with Crippen LogP contribution in [0, 0.1) is 10.1 Å². The molecule has 1 heterocycles. The summed E-state index contributed by atoms with van der Waals surface area (Å²) in [6, 6.07) is 12.7. The van der Waals surface area contributed by atoms with Crippen LogP contribution in [-0.2, 0) is 0 Å². The van der Waals surface area contributed by atoms with Crippen LogP contribution in [0.5, 0.6) is 0 Å². The standard InChI is InChI=1S/C13H13N3O2/c1-10(11-6-3-2-4-7-11)15-13-12(16(17)18)8-5-9-14-13/h2-10H,1H3,(H,14,15)/t10-/m0/s1. The van der Waals surface area contributed by atoms with Gasteiger partial charge in [0, 0.05) is 12.3 Å². The fraction of sp³-hybridized carbons (Fsp3) is 0.154. The summed E-state index contributed by atoms with van der Waals surface area (Å²) in [6.07, 6.45) is 1.53. The first kappa shape index (κ1) is 12.0. The molecule has 0 spiro atoms. The number of aromatic nitrogens is 1. The number of rotatable bonds is 4. The van der Waals surface area contributed by atoms with E-state index in [0.29, 0.717) is 5.82 Å². The van der Waals surface area contributed by atoms with Crippen LogP contribution >= 0.6 is 0 Å². The Bertz CT molecular complexity index is 543. The molecule has 2 aromatic rings. The second-order valence-corrected chi connectivity index (χ2v) is 3.90. The van der Waals surface area contributed by atoms with E-state index < -0.39 is 4.92 Å². The summed E-state index contributed by atoms with van der Waals surface area (Å²) in [5, 5.41) is 13.9. The van der Waals surface area contributed by atoms with Gasteiger partial charge < -0.3 is 5.32 Å². The first-order valence-corrected chi connectivity index (χ1v) is 5.59. The van der Waals surface area contributed by atoms with Crippen LogP contribution in [0.4, 0.5) is 11.5 Å². The van der Waals surface area contributed by atoms with Crippen molar-refractivity contribution in [2.75, 3.05) is 5.32 Å². The van der Waals surface area contributed by atoms with E-state index in [1.54, 1.807) is 6.07 Å². The Kier molecular flexibility index (Phi) is 3.52. The molecule has 1 N–H and O–H groups in total. The maximum absolute atomic E-state index is 10.9. The van der Waals surface area contributed by atoms with Gasteiger partial charge in [0.05, 0.1) is 11.0 Å². The summed E-state index contributed by atoms with van der Waals surface area (Å²) in [7, 11) is 0. The van der Waals surface area contributed by atoms with Gasteiger partial charge in [-0.25, -0.2) is 4.98 Å². The Hall–Kier alpha value is -2.43. The zero-order chi connectivity index (χ0) is 13.0. The third-order valence-electron chi connectivity index (χ3n) is 2.64. The highest BCUT2D eigenvalue weighted by Gasteiger charge is 2.16. The summed E-state index contributed by atoms with van der Waals surface area (Å²) < 4.78 is 0. The van der Waals surface area contributed by atoms with Crippen molar-refractivity contribution in [2.45, 2.75) is 13.0 Å². The van der Waals surface area contributed by atoms with Crippen LogP contribution in [-0.4, -0.2) is 9.91 Å². The second kappa shape index (κ2) is 5.27. The van der Waals surface area contributed by atoms with Gasteiger partial charge in [0.25, 0.3) is 0 Å². The van der Waals surface area contributed by atoms with Gasteiger partial charge in [-0.15, -0.1) is 0 Å². The molecule has 1 aromatic carbocycles. The van der Waals surface area contributed by atoms with Crippen molar-refractivity contribution in [3.63, 3.8) is 0 Å². The van der Waals surface area contributed by atoms with Gasteiger partial charge in [0.15, 0.2) is 0 Å². The largest absolute Gasteiger partial charge is 0.358 e. The molecule has 1 atom stereocenters. The molecule has 0 bridgehead atoms. The van der Waals surface area contributed by atoms with E-state index in [1.807, 2.05) is 37.3 Å². The molecule has 0 radical (unpaired) electrons. The number of nitro groups is 1. The fourth-order valence-electron chi connectivity index (χ4n) is 1.69. The van der Waals surface area contributed by atoms with E-state index in [-0.39, 0.29) is 11.7 Å². The van der Waals surface area contributed by atoms with Crippen LogP contribution in [0.3, 0.4) is 0 Å². The minimum atomic E-state index is -0.437. The predicted molar refractivity (Wildman–Crippen MR) is 69.4 cm³/mol. The van der Waals surface area contributed by atoms with E-state index in [9.17, 15) is 10.1 Å². The summed E-state index contributed by atoms with van der Waals surface area (Å²) in [6.45, 7) is 1.94. The highest BCUT2D eigenvalue weighted by Crippen LogP contribution is 2.25. The molecular weight excluding hydrogens is 230 g/mol. The lowest BCUT2D eigenvalue weighted by Crippen LogP contribution is -2.09. The minimum Gasteiger partial charge on any atom is -0.358 e. The maximum atomic E-state index is 10.9. The monoisotopic (exact) mass is 243 g/mol. The predicted octanol–water partition coefficient (Wildman–Crippen LogP) is 3.16. The summed E-state index contributed by atoms with van der Waals surface area (Å²) in [5.41, 5.74) is 1.04. The van der Waals surface area contributed by atoms with Crippen molar-refractivity contribution >= 4 is 11.5 Å². The Morgan fingerprint density at radius 1 is 1.22 bits per heavy atom. The number of pyridine rings is 1. The molecular formula is C13H13N3O2. The highest BCUT2D eigenvalue weighted by molar-refractivity contribution is 5.56. The maximum Gasteiger partial charge on any atom is 0.311 e. The molecule has 2 rings (SSSR count). The second-order valence-electron chi connectivity index (χ2n) is 3.90. The van der Waals surface area contributed by atoms with Crippen molar-refractivity contribution < 1.29 is 4.92 Å². The third kappa shape index (κ3) is 2.63. The number of nitrogens with one attached hydrogen (secondary N) is 1. The molecule has 1 aromatic heterocycles. The molecule has 0 saturated heterocycles. The van der Waals surface area contributed by atoms with Gasteiger partial charge in [0.2, 0.25) is 5.82 Å². The Balaban J connectivity index is 2.22. The van der Waals surface area contributed by atoms with Crippen LogP contribution in [0.15, 0.2) is 48.7 Å². The van der Waals surface area contributed by atoms with Gasteiger partial charge in [-0.05, 0) is 18.6 Å². The summed E-state index contributed by atoms with van der Waals surface area (Å²) in [5.74, 6) is 0.291. The van der Waals surface area contributed by atoms with Crippen molar-refractivity contribution in [3.8, 4) is 0 Å². The first-order chi connectivity index (χ1) is 8.68. The molecule has 0 aliphatic rings. The quantitative estimate of drug-likeness (QED) is 0.661. The molecule has 5 nitrogen and oxygen atoms in total. The molecule has 0 saturated carbocycles. The van der Waals surface area contributed by atoms with Crippen molar-refractivity contribution in [1.82, 2.24) is 4.98 Å². The zero-order valence-electron chi connectivity index (χ0n) is 9.91. The first-order valence-electron chi connectivity index (χ1n) is 5.59. The minimum absolute atomic E-state index is 0.0136. The molecule has 0 aliphatic heterocycles. The van der Waals surface area contributed by atoms with Crippen molar-refractivity contribution in [2.24, 2.45) is 0 Å². The average Bonchev–Trinajstić information content (AvgIpc) is 2.40. The lowest BCUT2D eigenvalue weighted by atomic mass is 10.1. The van der Waals surface area contributed by atoms with E-state index in [1.165, 1.54) is 12.3 Å². The van der Waals surface area contributed by atoms with E-state index in [0.717, 1.165) is 5.56 Å². The Morgan fingerprint density at radius 3 is 2.61 bits per heavy atom. The van der Waals surface area contributed by atoms with Crippen molar-refractivity contribution in [3.05, 3.63) is 64.3 Å². The smallest absolute Gasteiger partial charge is 0.311 e. The van der Waals surface area contributed by atoms with Crippen LogP contribution < -0.4 is 5.32 Å². The van der Waals surface area contributed by atoms with Gasteiger partial charge >= 0.3 is 5.69 Å². The molecule has 0 fully saturated rings. The SMILES string of the molecule is C[C@H](Nc1ncccc1[N+](=O)[O-])c1ccccc1. The van der Waals surface area contributed by atoms with Gasteiger partial charge in [-0.3, -0.25) is 10.1 Å². The van der Waals surface area contributed by atoms with Crippen molar-refractivity contribution in [1.29, 1.82) is 0 Å². The Labute approximate surface area is 105 Å². The fourth-order valence-corrected chi connectivity index (χ4v) is 1.69. The highest BCUT2D eigenvalue weighted by atomic mass is 16.6. The Morgan fingerprint density at radius 2 is 1.94 bits per heavy atom. The van der Waals surface area contributed by atoms with Gasteiger partial charge in [0.1, 0.15) is 0 Å². The molecule has 92 valence electrons. The zero-order valence-corrected chi connectivity index (χ0v) is 9.91. The lowest BCUT2D eigenvalue weighted by molar-refractivity contribution is -0.384. The number of benzene rings is 1. The number of anilines is 1. The third-order valence-corrected chi connectivity index (χ3v) is 2.64. The summed E-state index contributed by atoms with van der Waals surface area (Å²) in [4.78, 5) is 14.4. The van der Waals surface area contributed by atoms with Gasteiger partial charge in [-0.1, -0.05) is 30.3 Å². The van der Waals surface area contributed by atoms with E-state index >= 15 is 0 Å². The molecule has 18 heavy (non-hydrogen) atoms. The molecule has 0 unspecified atom stereocenters. The van der Waals surface area contributed by atoms with E-state index in [4.69, 9.17) is 0 Å². The number of nitrogens with zero attached hydrogens (tertiary/aromatic N) is 2. The summed E-state index contributed by atoms with van der Waals surface area (Å²) >= 11 is 0. The van der Waals surface area contributed by atoms with Crippen LogP contribution in [0.25, 0.3) is 0 Å².